The Labute approximate surface area is 96.4 Å². The summed E-state index contributed by atoms with van der Waals surface area (Å²) in [5, 5.41) is 0. The molecule has 1 unspecified atom stereocenters. The van der Waals surface area contributed by atoms with E-state index in [-0.39, 0.29) is 0 Å². The maximum Gasteiger partial charge on any atom is 0.239 e. The Morgan fingerprint density at radius 3 is 3.00 bits per heavy atom. The molecule has 1 aromatic rings. The highest BCUT2D eigenvalue weighted by molar-refractivity contribution is 5.55. The van der Waals surface area contributed by atoms with Crippen LogP contribution in [0, 0.1) is 0 Å². The molecule has 1 aromatic heterocycles. The summed E-state index contributed by atoms with van der Waals surface area (Å²) >= 11 is 0. The van der Waals surface area contributed by atoms with Crippen molar-refractivity contribution in [2.75, 3.05) is 23.8 Å². The fraction of sp³-hybridized carbons (Fsp3) is 0.583. The van der Waals surface area contributed by atoms with Gasteiger partial charge in [0.15, 0.2) is 0 Å². The molecule has 2 rings (SSSR count). The predicted octanol–water partition coefficient (Wildman–Crippen LogP) is 2.05. The van der Waals surface area contributed by atoms with Crippen molar-refractivity contribution in [2.45, 2.75) is 32.7 Å². The molecule has 0 aromatic carbocycles. The number of nitrogen functional groups attached to an aromatic ring is 1. The Balaban J connectivity index is 2.24. The van der Waals surface area contributed by atoms with E-state index < -0.39 is 0 Å². The van der Waals surface area contributed by atoms with Gasteiger partial charge in [-0.1, -0.05) is 0 Å². The Morgan fingerprint density at radius 2 is 2.38 bits per heavy atom. The van der Waals surface area contributed by atoms with Crippen molar-refractivity contribution < 1.29 is 4.74 Å². The van der Waals surface area contributed by atoms with Crippen molar-refractivity contribution in [1.82, 2.24) is 4.98 Å². The molecule has 1 atom stereocenters. The van der Waals surface area contributed by atoms with Crippen molar-refractivity contribution in [2.24, 2.45) is 0 Å². The molecule has 4 heteroatoms. The molecule has 0 radical (unpaired) electrons. The van der Waals surface area contributed by atoms with Crippen molar-refractivity contribution in [3.63, 3.8) is 0 Å². The van der Waals surface area contributed by atoms with Crippen LogP contribution in [-0.4, -0.2) is 24.2 Å². The molecule has 1 saturated heterocycles. The summed E-state index contributed by atoms with van der Waals surface area (Å²) in [6.45, 7) is 5.83. The lowest BCUT2D eigenvalue weighted by Gasteiger charge is -2.23. The predicted molar refractivity (Wildman–Crippen MR) is 65.9 cm³/mol. The highest BCUT2D eigenvalue weighted by Gasteiger charge is 2.22. The fourth-order valence-electron chi connectivity index (χ4n) is 2.13. The summed E-state index contributed by atoms with van der Waals surface area (Å²) in [6.07, 6.45) is 2.47. The Morgan fingerprint density at radius 1 is 1.56 bits per heavy atom. The summed E-state index contributed by atoms with van der Waals surface area (Å²) in [5.74, 6) is 1.53. The van der Waals surface area contributed by atoms with Crippen LogP contribution in [0.2, 0.25) is 0 Å². The quantitative estimate of drug-likeness (QED) is 0.848. The maximum atomic E-state index is 5.80. The molecule has 0 saturated carbocycles. The van der Waals surface area contributed by atoms with E-state index in [2.05, 4.69) is 16.8 Å². The van der Waals surface area contributed by atoms with Gasteiger partial charge in [0, 0.05) is 12.6 Å². The highest BCUT2D eigenvalue weighted by Crippen LogP contribution is 2.28. The van der Waals surface area contributed by atoms with Crippen LogP contribution in [0.5, 0.6) is 5.88 Å². The molecule has 1 aliphatic rings. The molecule has 4 nitrogen and oxygen atoms in total. The molecular formula is C12H19N3O. The number of nitrogens with zero attached hydrogens (tertiary/aromatic N) is 2. The Kier molecular flexibility index (Phi) is 3.17. The molecule has 88 valence electrons. The van der Waals surface area contributed by atoms with Gasteiger partial charge >= 0.3 is 0 Å². The first kappa shape index (κ1) is 11.0. The minimum absolute atomic E-state index is 0.555. The largest absolute Gasteiger partial charge is 0.476 e. The lowest BCUT2D eigenvalue weighted by atomic mass is 10.2. The van der Waals surface area contributed by atoms with Gasteiger partial charge in [-0.15, -0.1) is 0 Å². The minimum atomic E-state index is 0.555. The van der Waals surface area contributed by atoms with E-state index in [1.54, 1.807) is 0 Å². The van der Waals surface area contributed by atoms with Gasteiger partial charge in [0.05, 0.1) is 12.3 Å². The van der Waals surface area contributed by atoms with Gasteiger partial charge in [-0.25, -0.2) is 0 Å². The highest BCUT2D eigenvalue weighted by atomic mass is 16.5. The summed E-state index contributed by atoms with van der Waals surface area (Å²) < 4.78 is 5.41. The Bertz CT molecular complexity index is 367. The lowest BCUT2D eigenvalue weighted by Crippen LogP contribution is -2.27. The standard InChI is InChI=1S/C12H19N3O/c1-3-16-12-10(13)6-7-11(14-12)15-8-4-5-9(15)2/h6-7,9H,3-5,8,13H2,1-2H3. The van der Waals surface area contributed by atoms with Crippen LogP contribution in [0.4, 0.5) is 11.5 Å². The van der Waals surface area contributed by atoms with Crippen LogP contribution < -0.4 is 15.4 Å². The van der Waals surface area contributed by atoms with E-state index in [0.29, 0.717) is 24.2 Å². The normalized spacial score (nSPS) is 20.1. The van der Waals surface area contributed by atoms with E-state index in [9.17, 15) is 0 Å². The molecule has 0 spiro atoms. The summed E-state index contributed by atoms with van der Waals surface area (Å²) in [7, 11) is 0. The van der Waals surface area contributed by atoms with Gasteiger partial charge in [0.2, 0.25) is 5.88 Å². The third-order valence-electron chi connectivity index (χ3n) is 3.00. The third kappa shape index (κ3) is 2.05. The molecule has 2 N–H and O–H groups in total. The molecule has 1 aliphatic heterocycles. The SMILES string of the molecule is CCOc1nc(N2CCCC2C)ccc1N. The van der Waals surface area contributed by atoms with E-state index in [0.717, 1.165) is 12.4 Å². The van der Waals surface area contributed by atoms with Gasteiger partial charge in [0.1, 0.15) is 5.82 Å². The minimum Gasteiger partial charge on any atom is -0.476 e. The first-order valence-electron chi connectivity index (χ1n) is 5.88. The van der Waals surface area contributed by atoms with Crippen molar-refractivity contribution in [1.29, 1.82) is 0 Å². The fourth-order valence-corrected chi connectivity index (χ4v) is 2.13. The first-order chi connectivity index (χ1) is 7.72. The van der Waals surface area contributed by atoms with Crippen LogP contribution in [-0.2, 0) is 0 Å². The van der Waals surface area contributed by atoms with Gasteiger partial charge in [-0.3, -0.25) is 0 Å². The van der Waals surface area contributed by atoms with E-state index in [1.165, 1.54) is 12.8 Å². The van der Waals surface area contributed by atoms with Crippen molar-refractivity contribution in [3.05, 3.63) is 12.1 Å². The van der Waals surface area contributed by atoms with Crippen LogP contribution in [0.15, 0.2) is 12.1 Å². The molecule has 0 aliphatic carbocycles. The number of ether oxygens (including phenoxy) is 1. The van der Waals surface area contributed by atoms with E-state index in [1.807, 2.05) is 19.1 Å². The van der Waals surface area contributed by atoms with Gasteiger partial charge in [-0.2, -0.15) is 4.98 Å². The van der Waals surface area contributed by atoms with Crippen LogP contribution in [0.25, 0.3) is 0 Å². The van der Waals surface area contributed by atoms with E-state index >= 15 is 0 Å². The van der Waals surface area contributed by atoms with Crippen LogP contribution in [0.3, 0.4) is 0 Å². The number of hydrogen-bond acceptors (Lipinski definition) is 4. The second kappa shape index (κ2) is 4.60. The smallest absolute Gasteiger partial charge is 0.239 e. The Hall–Kier alpha value is -1.45. The van der Waals surface area contributed by atoms with Gasteiger partial charge in [-0.05, 0) is 38.8 Å². The van der Waals surface area contributed by atoms with Crippen molar-refractivity contribution >= 4 is 11.5 Å². The lowest BCUT2D eigenvalue weighted by molar-refractivity contribution is 0.329. The second-order valence-electron chi connectivity index (χ2n) is 4.18. The third-order valence-corrected chi connectivity index (χ3v) is 3.00. The maximum absolute atomic E-state index is 5.80. The monoisotopic (exact) mass is 221 g/mol. The molecule has 1 fully saturated rings. The summed E-state index contributed by atoms with van der Waals surface area (Å²) in [6, 6.07) is 4.41. The zero-order chi connectivity index (χ0) is 11.5. The van der Waals surface area contributed by atoms with Gasteiger partial charge < -0.3 is 15.4 Å². The first-order valence-corrected chi connectivity index (χ1v) is 5.88. The zero-order valence-electron chi connectivity index (χ0n) is 9.94. The summed E-state index contributed by atoms with van der Waals surface area (Å²) in [5.41, 5.74) is 6.41. The molecular weight excluding hydrogens is 202 g/mol. The molecule has 0 amide bonds. The van der Waals surface area contributed by atoms with Crippen LogP contribution in [0.1, 0.15) is 26.7 Å². The molecule has 16 heavy (non-hydrogen) atoms. The van der Waals surface area contributed by atoms with Crippen LogP contribution >= 0.6 is 0 Å². The summed E-state index contributed by atoms with van der Waals surface area (Å²) in [4.78, 5) is 6.78. The second-order valence-corrected chi connectivity index (χ2v) is 4.18. The number of nitrogens with two attached hydrogens (primary N) is 1. The average molecular weight is 221 g/mol. The average Bonchev–Trinajstić information content (AvgIpc) is 2.68. The molecule has 0 bridgehead atoms. The number of anilines is 2. The van der Waals surface area contributed by atoms with Gasteiger partial charge in [0.25, 0.3) is 0 Å². The molecule has 2 heterocycles. The number of aromatic nitrogens is 1. The zero-order valence-corrected chi connectivity index (χ0v) is 9.94. The number of hydrogen-bond donors (Lipinski definition) is 1. The number of rotatable bonds is 3. The topological polar surface area (TPSA) is 51.4 Å². The number of pyridine rings is 1. The van der Waals surface area contributed by atoms with Crippen molar-refractivity contribution in [3.8, 4) is 5.88 Å². The van der Waals surface area contributed by atoms with E-state index in [4.69, 9.17) is 10.5 Å².